The molecule has 1 aromatic carbocycles. The van der Waals surface area contributed by atoms with Gasteiger partial charge in [0.15, 0.2) is 0 Å². The number of hydrogen-bond donors (Lipinski definition) is 2. The number of aliphatic carboxylic acids is 1. The first kappa shape index (κ1) is 13.4. The third-order valence-corrected chi connectivity index (χ3v) is 3.76. The Bertz CT molecular complexity index is 356. The highest BCUT2D eigenvalue weighted by Gasteiger charge is 2.14. The third kappa shape index (κ3) is 4.04. The molecule has 1 rings (SSSR count). The molecule has 0 spiro atoms. The molecule has 0 saturated carbocycles. The highest BCUT2D eigenvalue weighted by Crippen LogP contribution is 2.29. The van der Waals surface area contributed by atoms with E-state index in [0.717, 1.165) is 5.56 Å². The number of carboxylic acids is 1. The van der Waals surface area contributed by atoms with E-state index in [1.165, 1.54) is 11.8 Å². The van der Waals surface area contributed by atoms with Gasteiger partial charge in [-0.1, -0.05) is 23.7 Å². The number of carboxylic acid groups (broad SMARTS) is 1. The van der Waals surface area contributed by atoms with Gasteiger partial charge in [0.2, 0.25) is 0 Å². The monoisotopic (exact) mass is 259 g/mol. The van der Waals surface area contributed by atoms with Crippen LogP contribution in [0.15, 0.2) is 24.3 Å². The quantitative estimate of drug-likeness (QED) is 0.853. The normalized spacial score (nSPS) is 14.4. The molecule has 2 atom stereocenters. The van der Waals surface area contributed by atoms with Gasteiger partial charge in [-0.05, 0) is 24.6 Å². The van der Waals surface area contributed by atoms with Gasteiger partial charge in [-0.15, -0.1) is 0 Å². The topological polar surface area (TPSA) is 63.3 Å². The van der Waals surface area contributed by atoms with Crippen molar-refractivity contribution in [3.05, 3.63) is 34.9 Å². The van der Waals surface area contributed by atoms with Crippen LogP contribution >= 0.6 is 23.4 Å². The van der Waals surface area contributed by atoms with E-state index in [4.69, 9.17) is 22.4 Å². The van der Waals surface area contributed by atoms with Gasteiger partial charge in [0.25, 0.3) is 0 Å². The molecule has 0 amide bonds. The van der Waals surface area contributed by atoms with Crippen molar-refractivity contribution in [3.8, 4) is 0 Å². The summed E-state index contributed by atoms with van der Waals surface area (Å²) in [5.41, 5.74) is 6.54. The Labute approximate surface area is 104 Å². The van der Waals surface area contributed by atoms with Crippen LogP contribution in [0.25, 0.3) is 0 Å². The van der Waals surface area contributed by atoms with Crippen LogP contribution in [-0.2, 0) is 4.79 Å². The summed E-state index contributed by atoms with van der Waals surface area (Å²) in [5.74, 6) is -0.560. The lowest BCUT2D eigenvalue weighted by molar-refractivity contribution is -0.137. The molecule has 0 aromatic heterocycles. The second-order valence-electron chi connectivity index (χ2n) is 3.47. The second-order valence-corrected chi connectivity index (χ2v) is 5.28. The largest absolute Gasteiger partial charge is 0.480 e. The average molecular weight is 260 g/mol. The molecule has 0 aliphatic rings. The molecule has 16 heavy (non-hydrogen) atoms. The van der Waals surface area contributed by atoms with Crippen LogP contribution in [0.1, 0.15) is 17.7 Å². The minimum Gasteiger partial charge on any atom is -0.480 e. The Kier molecular flexibility index (Phi) is 5.12. The molecule has 2 unspecified atom stereocenters. The van der Waals surface area contributed by atoms with Gasteiger partial charge in [0, 0.05) is 16.0 Å². The van der Waals surface area contributed by atoms with Crippen LogP contribution in [0.3, 0.4) is 0 Å². The first-order chi connectivity index (χ1) is 7.50. The van der Waals surface area contributed by atoms with E-state index in [1.54, 1.807) is 0 Å². The van der Waals surface area contributed by atoms with Gasteiger partial charge in [-0.25, -0.2) is 0 Å². The molecule has 3 N–H and O–H groups in total. The van der Waals surface area contributed by atoms with Crippen LogP contribution in [0.2, 0.25) is 5.02 Å². The maximum absolute atomic E-state index is 10.5. The maximum Gasteiger partial charge on any atom is 0.321 e. The Morgan fingerprint density at radius 3 is 2.56 bits per heavy atom. The third-order valence-electron chi connectivity index (χ3n) is 2.18. The first-order valence-corrected chi connectivity index (χ1v) is 6.29. The van der Waals surface area contributed by atoms with E-state index in [9.17, 15) is 4.79 Å². The number of benzene rings is 1. The van der Waals surface area contributed by atoms with Gasteiger partial charge in [0.1, 0.15) is 6.04 Å². The number of hydrogen-bond acceptors (Lipinski definition) is 3. The van der Waals surface area contributed by atoms with Crippen LogP contribution in [0, 0.1) is 0 Å². The summed E-state index contributed by atoms with van der Waals surface area (Å²) in [4.78, 5) is 10.5. The van der Waals surface area contributed by atoms with E-state index in [0.29, 0.717) is 10.8 Å². The smallest absolute Gasteiger partial charge is 0.321 e. The van der Waals surface area contributed by atoms with Gasteiger partial charge in [0.05, 0.1) is 0 Å². The zero-order valence-electron chi connectivity index (χ0n) is 8.89. The molecule has 0 fully saturated rings. The fraction of sp³-hybridized carbons (Fsp3) is 0.364. The molecular weight excluding hydrogens is 246 g/mol. The van der Waals surface area contributed by atoms with E-state index in [-0.39, 0.29) is 5.25 Å². The molecule has 0 radical (unpaired) electrons. The van der Waals surface area contributed by atoms with Gasteiger partial charge < -0.3 is 10.8 Å². The van der Waals surface area contributed by atoms with Crippen molar-refractivity contribution in [2.24, 2.45) is 5.73 Å². The predicted molar refractivity (Wildman–Crippen MR) is 67.9 cm³/mol. The Morgan fingerprint density at radius 2 is 2.06 bits per heavy atom. The van der Waals surface area contributed by atoms with E-state index < -0.39 is 12.0 Å². The second kappa shape index (κ2) is 6.13. The van der Waals surface area contributed by atoms with Gasteiger partial charge >= 0.3 is 5.97 Å². The Morgan fingerprint density at radius 1 is 1.50 bits per heavy atom. The molecule has 0 bridgehead atoms. The highest BCUT2D eigenvalue weighted by molar-refractivity contribution is 7.99. The summed E-state index contributed by atoms with van der Waals surface area (Å²) in [6, 6.07) is 6.72. The highest BCUT2D eigenvalue weighted by atomic mass is 35.5. The summed E-state index contributed by atoms with van der Waals surface area (Å²) in [7, 11) is 0. The molecule has 88 valence electrons. The minimum atomic E-state index is -0.962. The lowest BCUT2D eigenvalue weighted by atomic mass is 10.2. The van der Waals surface area contributed by atoms with Gasteiger partial charge in [-0.3, -0.25) is 4.79 Å². The van der Waals surface area contributed by atoms with Crippen molar-refractivity contribution in [1.82, 2.24) is 0 Å². The van der Waals surface area contributed by atoms with Crippen LogP contribution in [-0.4, -0.2) is 22.9 Å². The first-order valence-electron chi connectivity index (χ1n) is 4.86. The summed E-state index contributed by atoms with van der Waals surface area (Å²) in [5, 5.41) is 9.55. The summed E-state index contributed by atoms with van der Waals surface area (Å²) >= 11 is 7.30. The van der Waals surface area contributed by atoms with Crippen molar-refractivity contribution < 1.29 is 9.90 Å². The van der Waals surface area contributed by atoms with Crippen molar-refractivity contribution in [2.75, 3.05) is 5.75 Å². The van der Waals surface area contributed by atoms with Crippen LogP contribution in [0.4, 0.5) is 0 Å². The lowest BCUT2D eigenvalue weighted by Gasteiger charge is -2.13. The average Bonchev–Trinajstić information content (AvgIpc) is 2.26. The van der Waals surface area contributed by atoms with Crippen molar-refractivity contribution in [2.45, 2.75) is 18.2 Å². The maximum atomic E-state index is 10.5. The number of nitrogens with two attached hydrogens (primary N) is 1. The number of thioether (sulfide) groups is 1. The summed E-state index contributed by atoms with van der Waals surface area (Å²) < 4.78 is 0. The zero-order valence-corrected chi connectivity index (χ0v) is 10.5. The molecule has 0 heterocycles. The van der Waals surface area contributed by atoms with Crippen LogP contribution in [0.5, 0.6) is 0 Å². The number of halogens is 1. The predicted octanol–water partition coefficient (Wildman–Crippen LogP) is 2.55. The van der Waals surface area contributed by atoms with E-state index in [2.05, 4.69) is 0 Å². The molecular formula is C11H14ClNO2S. The number of carbonyl (C=O) groups is 1. The number of rotatable bonds is 5. The van der Waals surface area contributed by atoms with Gasteiger partial charge in [-0.2, -0.15) is 11.8 Å². The molecule has 3 nitrogen and oxygen atoms in total. The van der Waals surface area contributed by atoms with Crippen molar-refractivity contribution in [1.29, 1.82) is 0 Å². The summed E-state index contributed by atoms with van der Waals surface area (Å²) in [6.07, 6.45) is 0. The fourth-order valence-corrected chi connectivity index (χ4v) is 2.26. The van der Waals surface area contributed by atoms with Crippen LogP contribution < -0.4 is 5.73 Å². The van der Waals surface area contributed by atoms with E-state index in [1.807, 2.05) is 31.2 Å². The Hall–Kier alpha value is -0.710. The summed E-state index contributed by atoms with van der Waals surface area (Å²) in [6.45, 7) is 2.02. The Balaban J connectivity index is 2.49. The lowest BCUT2D eigenvalue weighted by Crippen LogP contribution is -2.32. The minimum absolute atomic E-state index is 0.211. The molecule has 5 heteroatoms. The molecule has 0 aliphatic carbocycles. The molecule has 0 saturated heterocycles. The zero-order chi connectivity index (χ0) is 12.1. The van der Waals surface area contributed by atoms with Crippen molar-refractivity contribution >= 4 is 29.3 Å². The standard InChI is InChI=1S/C11H14ClNO2S/c1-7(16-6-10(13)11(14)15)8-2-4-9(12)5-3-8/h2-5,7,10H,6,13H2,1H3,(H,14,15). The fourth-order valence-electron chi connectivity index (χ4n) is 1.15. The van der Waals surface area contributed by atoms with Crippen molar-refractivity contribution in [3.63, 3.8) is 0 Å². The van der Waals surface area contributed by atoms with E-state index >= 15 is 0 Å². The molecule has 0 aliphatic heterocycles. The molecule has 1 aromatic rings. The SMILES string of the molecule is CC(SCC(N)C(=O)O)c1ccc(Cl)cc1.